The quantitative estimate of drug-likeness (QED) is 0.134. The molecular formula is C91H77BN4. The first-order valence-electron chi connectivity index (χ1n) is 37.5. The Labute approximate surface area is 576 Å². The van der Waals surface area contributed by atoms with Gasteiger partial charge in [-0.3, -0.25) is 0 Å². The maximum Gasteiger partial charge on any atom is 0.252 e. The number of benzene rings is 13. The molecule has 4 nitrogen and oxygen atoms in total. The van der Waals surface area contributed by atoms with Crippen molar-refractivity contribution in [2.75, 3.05) is 9.80 Å². The highest BCUT2D eigenvalue weighted by Crippen LogP contribution is 2.54. The van der Waals surface area contributed by atoms with E-state index < -0.39 is 6.71 Å². The molecule has 0 N–H and O–H groups in total. The zero-order valence-corrected chi connectivity index (χ0v) is 55.7. The molecule has 0 amide bonds. The molecular weight excluding hydrogens is 1160 g/mol. The van der Waals surface area contributed by atoms with Crippen molar-refractivity contribution in [3.8, 4) is 55.9 Å². The number of fused-ring (bicyclic) bond motifs is 10. The van der Waals surface area contributed by atoms with Gasteiger partial charge < -0.3 is 18.9 Å². The van der Waals surface area contributed by atoms with E-state index in [0.29, 0.717) is 28.2 Å². The lowest BCUT2D eigenvalue weighted by atomic mass is 9.33. The van der Waals surface area contributed by atoms with E-state index in [1.165, 1.54) is 0 Å². The third kappa shape index (κ3) is 9.72. The normalized spacial score (nSPS) is 14.2. The molecule has 0 atom stereocenters. The van der Waals surface area contributed by atoms with Gasteiger partial charge in [0.2, 0.25) is 0 Å². The van der Waals surface area contributed by atoms with Crippen LogP contribution >= 0.6 is 0 Å². The second-order valence-electron chi connectivity index (χ2n) is 29.3. The van der Waals surface area contributed by atoms with Crippen LogP contribution in [0.4, 0.5) is 34.1 Å². The van der Waals surface area contributed by atoms with Crippen molar-refractivity contribution in [1.82, 2.24) is 9.13 Å². The minimum Gasteiger partial charge on any atom is -0.310 e. The van der Waals surface area contributed by atoms with Gasteiger partial charge in [-0.05, 0) is 151 Å². The standard InChI is InChI=1S/C91H77BN4/c1-89(2,3)58-59-52-84-86-85(53-59)96(88-70(62-32-18-12-19-33-62)40-27-41-71(88)63-34-20-13-21-35-63)83-57-67(94-79-43-25-23-37-73(79)75-55-65(91(7,8)9)45-51-81(75)94)47-49-77(83)92(86)76-48-46-66(93-78-42-24-22-36-72(78)74-54-64(90(4,5)6)44-50-80(74)93)56-82(76)95(84)87-68(60-28-14-10-15-29-60)38-26-39-69(87)61-30-16-11-17-31-61/h10-57H,58H2,1-9H3/i22D,23D,24D,25D,36D,37D,42D,43D. The second kappa shape index (κ2) is 22.4. The van der Waals surface area contributed by atoms with Gasteiger partial charge in [0.25, 0.3) is 6.71 Å². The fourth-order valence-electron chi connectivity index (χ4n) is 15.4. The zero-order chi connectivity index (χ0) is 72.3. The largest absolute Gasteiger partial charge is 0.310 e. The monoisotopic (exact) mass is 1240 g/mol. The van der Waals surface area contributed by atoms with E-state index in [1.807, 2.05) is 0 Å². The molecule has 96 heavy (non-hydrogen) atoms. The Kier molecular flexibility index (Phi) is 11.8. The van der Waals surface area contributed by atoms with Gasteiger partial charge in [0, 0.05) is 77.9 Å². The molecule has 2 aliphatic heterocycles. The van der Waals surface area contributed by atoms with Crippen LogP contribution in [-0.2, 0) is 17.3 Å². The van der Waals surface area contributed by atoms with Crippen molar-refractivity contribution in [3.63, 3.8) is 0 Å². The molecule has 0 fully saturated rings. The number of aromatic nitrogens is 2. The molecule has 4 heterocycles. The van der Waals surface area contributed by atoms with Gasteiger partial charge >= 0.3 is 0 Å². The van der Waals surface area contributed by atoms with Crippen molar-refractivity contribution < 1.29 is 11.0 Å². The number of hydrogen-bond acceptors (Lipinski definition) is 2. The van der Waals surface area contributed by atoms with Gasteiger partial charge in [0.1, 0.15) is 0 Å². The summed E-state index contributed by atoms with van der Waals surface area (Å²) in [7, 11) is 0. The highest BCUT2D eigenvalue weighted by atomic mass is 15.2. The maximum atomic E-state index is 9.90. The van der Waals surface area contributed by atoms with Crippen LogP contribution in [0.3, 0.4) is 0 Å². The molecule has 17 rings (SSSR count). The van der Waals surface area contributed by atoms with Crippen LogP contribution in [0.5, 0.6) is 0 Å². The van der Waals surface area contributed by atoms with Crippen LogP contribution in [0, 0.1) is 5.41 Å². The first-order chi connectivity index (χ1) is 49.9. The summed E-state index contributed by atoms with van der Waals surface area (Å²) >= 11 is 0. The van der Waals surface area contributed by atoms with E-state index in [-0.39, 0.29) is 64.6 Å². The summed E-state index contributed by atoms with van der Waals surface area (Å²) in [4.78, 5) is 5.03. The fraction of sp³-hybridized carbons (Fsp3) is 0.143. The van der Waals surface area contributed by atoms with Crippen LogP contribution in [0.25, 0.3) is 99.5 Å². The SMILES string of the molecule is [2H]c1c([2H])c([2H])c2c(c1[2H])c1cc(C(C)(C)C)ccc1n2-c1ccc2c(c1)N(c1c(-c3ccccc3)cccc1-c1ccccc1)c1cc(CC(C)(C)C)cc3c1B2c1ccc(-n2c4ccc(C(C)(C)C)cc4c4c([2H])c([2H])c([2H])c([2H])c42)cc1N3c1c(-c2ccccc2)cccc1-c1ccccc1. The number of para-hydroxylation sites is 4. The van der Waals surface area contributed by atoms with E-state index in [9.17, 15) is 8.22 Å². The average Bonchev–Trinajstić information content (AvgIpc) is 0.913. The Morgan fingerprint density at radius 3 is 1.05 bits per heavy atom. The lowest BCUT2D eigenvalue weighted by molar-refractivity contribution is 0.411. The molecule has 2 aromatic heterocycles. The van der Waals surface area contributed by atoms with Gasteiger partial charge in [-0.15, -0.1) is 0 Å². The Morgan fingerprint density at radius 1 is 0.333 bits per heavy atom. The van der Waals surface area contributed by atoms with Gasteiger partial charge in [0.05, 0.1) is 44.4 Å². The fourth-order valence-corrected chi connectivity index (χ4v) is 15.4. The Bertz CT molecular complexity index is 5590. The summed E-state index contributed by atoms with van der Waals surface area (Å²) in [6, 6.07) is 85.1. The second-order valence-corrected chi connectivity index (χ2v) is 29.3. The summed E-state index contributed by atoms with van der Waals surface area (Å²) in [6.07, 6.45) is 0.692. The van der Waals surface area contributed by atoms with Crippen LogP contribution in [0.2, 0.25) is 0 Å². The van der Waals surface area contributed by atoms with Crippen molar-refractivity contribution >= 4 is 101 Å². The smallest absolute Gasteiger partial charge is 0.252 e. The van der Waals surface area contributed by atoms with Crippen LogP contribution in [0.1, 0.15) is 90.0 Å². The predicted octanol–water partition coefficient (Wildman–Crippen LogP) is 22.8. The van der Waals surface area contributed by atoms with Gasteiger partial charge in [-0.1, -0.05) is 281 Å². The summed E-state index contributed by atoms with van der Waals surface area (Å²) in [5.74, 6) is 0. The van der Waals surface area contributed by atoms with E-state index >= 15 is 0 Å². The van der Waals surface area contributed by atoms with Gasteiger partial charge in [-0.25, -0.2) is 0 Å². The third-order valence-corrected chi connectivity index (χ3v) is 19.7. The topological polar surface area (TPSA) is 16.3 Å². The van der Waals surface area contributed by atoms with E-state index in [2.05, 4.69) is 324 Å². The Hall–Kier alpha value is -10.9. The lowest BCUT2D eigenvalue weighted by Gasteiger charge is -2.46. The molecule has 15 aromatic rings. The minimum atomic E-state index is -0.466. The zero-order valence-electron chi connectivity index (χ0n) is 63.7. The Morgan fingerprint density at radius 2 is 0.698 bits per heavy atom. The molecule has 0 saturated carbocycles. The number of nitrogens with zero attached hydrogens (tertiary/aromatic N) is 4. The molecule has 0 spiro atoms. The van der Waals surface area contributed by atoms with E-state index in [1.54, 1.807) is 0 Å². The van der Waals surface area contributed by atoms with Crippen molar-refractivity contribution in [2.45, 2.75) is 79.6 Å². The first-order valence-corrected chi connectivity index (χ1v) is 33.5. The number of hydrogen-bond donors (Lipinski definition) is 0. The molecule has 464 valence electrons. The number of rotatable bonds is 9. The van der Waals surface area contributed by atoms with Crippen LogP contribution in [-0.4, -0.2) is 15.8 Å². The van der Waals surface area contributed by atoms with Crippen LogP contribution < -0.4 is 26.2 Å². The van der Waals surface area contributed by atoms with E-state index in [0.717, 1.165) is 145 Å². The van der Waals surface area contributed by atoms with Crippen LogP contribution in [0.15, 0.2) is 291 Å². The molecule has 0 radical (unpaired) electrons. The lowest BCUT2D eigenvalue weighted by Crippen LogP contribution is -2.61. The third-order valence-electron chi connectivity index (χ3n) is 19.7. The first kappa shape index (κ1) is 50.6. The molecule has 5 heteroatoms. The molecule has 0 saturated heterocycles. The average molecular weight is 1250 g/mol. The number of anilines is 6. The summed E-state index contributed by atoms with van der Waals surface area (Å²) in [6.45, 7) is 19.4. The summed E-state index contributed by atoms with van der Waals surface area (Å²) < 4.78 is 80.2. The summed E-state index contributed by atoms with van der Waals surface area (Å²) in [5, 5.41) is 2.41. The van der Waals surface area contributed by atoms with Crippen molar-refractivity contribution in [3.05, 3.63) is 308 Å². The summed E-state index contributed by atoms with van der Waals surface area (Å²) in [5.41, 5.74) is 23.1. The molecule has 0 aliphatic carbocycles. The van der Waals surface area contributed by atoms with E-state index in [4.69, 9.17) is 2.74 Å². The van der Waals surface area contributed by atoms with Gasteiger partial charge in [0.15, 0.2) is 0 Å². The van der Waals surface area contributed by atoms with Crippen molar-refractivity contribution in [1.29, 1.82) is 0 Å². The molecule has 0 unspecified atom stereocenters. The maximum absolute atomic E-state index is 9.90. The molecule has 13 aromatic carbocycles. The minimum absolute atomic E-state index is 0.0876. The predicted molar refractivity (Wildman–Crippen MR) is 411 cm³/mol. The molecule has 2 aliphatic rings. The molecule has 0 bridgehead atoms. The van der Waals surface area contributed by atoms with Gasteiger partial charge in [-0.2, -0.15) is 0 Å². The van der Waals surface area contributed by atoms with Crippen molar-refractivity contribution in [2.24, 2.45) is 5.41 Å². The highest BCUT2D eigenvalue weighted by Gasteiger charge is 2.46. The highest BCUT2D eigenvalue weighted by molar-refractivity contribution is 7.00. The Balaban J connectivity index is 1.06.